The van der Waals surface area contributed by atoms with E-state index in [9.17, 15) is 0 Å². The molecule has 1 unspecified atom stereocenters. The van der Waals surface area contributed by atoms with Gasteiger partial charge in [0, 0.05) is 0 Å². The summed E-state index contributed by atoms with van der Waals surface area (Å²) < 4.78 is 0. The number of hydrogen-bond donors (Lipinski definition) is 0. The van der Waals surface area contributed by atoms with Crippen molar-refractivity contribution in [3.8, 4) is 0 Å². The SMILES string of the molecule is CCC=C(CCC)c1ccc(C(C)CC)cc1. The fourth-order valence-electron chi connectivity index (χ4n) is 2.14. The van der Waals surface area contributed by atoms with Gasteiger partial charge in [0.25, 0.3) is 0 Å². The third kappa shape index (κ3) is 4.03. The molecule has 0 aromatic heterocycles. The minimum Gasteiger partial charge on any atom is -0.0810 e. The third-order valence-corrected chi connectivity index (χ3v) is 3.43. The predicted octanol–water partition coefficient (Wildman–Crippen LogP) is 5.79. The predicted molar refractivity (Wildman–Crippen MR) is 78.3 cm³/mol. The molecule has 0 nitrogen and oxygen atoms in total. The maximum absolute atomic E-state index is 2.36. The summed E-state index contributed by atoms with van der Waals surface area (Å²) in [5.74, 6) is 0.675. The van der Waals surface area contributed by atoms with Gasteiger partial charge in [0.15, 0.2) is 0 Å². The van der Waals surface area contributed by atoms with Crippen LogP contribution in [-0.4, -0.2) is 0 Å². The molecule has 0 aliphatic rings. The van der Waals surface area contributed by atoms with Crippen molar-refractivity contribution < 1.29 is 0 Å². The molecule has 0 heteroatoms. The van der Waals surface area contributed by atoms with E-state index >= 15 is 0 Å². The summed E-state index contributed by atoms with van der Waals surface area (Å²) in [4.78, 5) is 0. The number of benzene rings is 1. The van der Waals surface area contributed by atoms with Crippen LogP contribution in [0.15, 0.2) is 30.3 Å². The van der Waals surface area contributed by atoms with Crippen molar-refractivity contribution in [2.24, 2.45) is 0 Å². The lowest BCUT2D eigenvalue weighted by molar-refractivity contribution is 0.733. The molecule has 1 rings (SSSR count). The van der Waals surface area contributed by atoms with Gasteiger partial charge >= 0.3 is 0 Å². The zero-order chi connectivity index (χ0) is 12.7. The summed E-state index contributed by atoms with van der Waals surface area (Å²) in [5.41, 5.74) is 4.37. The average Bonchev–Trinajstić information content (AvgIpc) is 2.38. The van der Waals surface area contributed by atoms with Crippen LogP contribution in [0.4, 0.5) is 0 Å². The molecule has 0 radical (unpaired) electrons. The fourth-order valence-corrected chi connectivity index (χ4v) is 2.14. The maximum atomic E-state index is 2.36. The highest BCUT2D eigenvalue weighted by atomic mass is 14.1. The van der Waals surface area contributed by atoms with Crippen LogP contribution in [-0.2, 0) is 0 Å². The third-order valence-electron chi connectivity index (χ3n) is 3.43. The van der Waals surface area contributed by atoms with Crippen LogP contribution in [0.5, 0.6) is 0 Å². The van der Waals surface area contributed by atoms with Crippen molar-refractivity contribution >= 4 is 5.57 Å². The number of rotatable bonds is 6. The van der Waals surface area contributed by atoms with Gasteiger partial charge in [0.1, 0.15) is 0 Å². The van der Waals surface area contributed by atoms with Gasteiger partial charge in [-0.25, -0.2) is 0 Å². The van der Waals surface area contributed by atoms with Gasteiger partial charge in [-0.2, -0.15) is 0 Å². The van der Waals surface area contributed by atoms with Gasteiger partial charge in [-0.05, 0) is 41.9 Å². The Morgan fingerprint density at radius 2 is 1.76 bits per heavy atom. The molecule has 0 aliphatic heterocycles. The molecule has 1 atom stereocenters. The molecule has 0 fully saturated rings. The number of allylic oxidation sites excluding steroid dienone is 2. The Hall–Kier alpha value is -1.04. The lowest BCUT2D eigenvalue weighted by Crippen LogP contribution is -1.92. The van der Waals surface area contributed by atoms with Crippen molar-refractivity contribution in [2.75, 3.05) is 0 Å². The van der Waals surface area contributed by atoms with E-state index in [4.69, 9.17) is 0 Å². The van der Waals surface area contributed by atoms with Crippen LogP contribution in [0, 0.1) is 0 Å². The second-order valence-corrected chi connectivity index (χ2v) is 4.82. The molecule has 0 spiro atoms. The molecular formula is C17H26. The number of hydrogen-bond acceptors (Lipinski definition) is 0. The fraction of sp³-hybridized carbons (Fsp3) is 0.529. The van der Waals surface area contributed by atoms with E-state index < -0.39 is 0 Å². The van der Waals surface area contributed by atoms with Gasteiger partial charge in [-0.15, -0.1) is 0 Å². The lowest BCUT2D eigenvalue weighted by atomic mass is 9.94. The van der Waals surface area contributed by atoms with Crippen LogP contribution in [0.3, 0.4) is 0 Å². The molecule has 1 aromatic rings. The van der Waals surface area contributed by atoms with Crippen molar-refractivity contribution in [3.63, 3.8) is 0 Å². The van der Waals surface area contributed by atoms with E-state index in [1.165, 1.54) is 36.0 Å². The first-order chi connectivity index (χ1) is 8.22. The van der Waals surface area contributed by atoms with Crippen LogP contribution >= 0.6 is 0 Å². The molecule has 0 amide bonds. The molecule has 0 N–H and O–H groups in total. The zero-order valence-electron chi connectivity index (χ0n) is 11.8. The maximum Gasteiger partial charge on any atom is -0.0193 e. The quantitative estimate of drug-likeness (QED) is 0.580. The standard InChI is InChI=1S/C17H26/c1-5-8-16(9-6-2)17-12-10-15(11-13-17)14(4)7-3/h8,10-14H,5-7,9H2,1-4H3. The minimum absolute atomic E-state index is 0.675. The second-order valence-electron chi connectivity index (χ2n) is 4.82. The Balaban J connectivity index is 2.88. The smallest absolute Gasteiger partial charge is 0.0193 e. The molecule has 94 valence electrons. The highest BCUT2D eigenvalue weighted by Gasteiger charge is 2.04. The molecule has 0 saturated heterocycles. The molecule has 0 bridgehead atoms. The van der Waals surface area contributed by atoms with Crippen molar-refractivity contribution in [2.45, 2.75) is 59.3 Å². The Kier molecular flexibility index (Phi) is 6.04. The molecule has 1 aromatic carbocycles. The van der Waals surface area contributed by atoms with E-state index in [0.29, 0.717) is 5.92 Å². The summed E-state index contributed by atoms with van der Waals surface area (Å²) in [6.45, 7) is 9.00. The summed E-state index contributed by atoms with van der Waals surface area (Å²) in [5, 5.41) is 0. The van der Waals surface area contributed by atoms with E-state index in [0.717, 1.165) is 6.42 Å². The Bertz CT molecular complexity index is 343. The van der Waals surface area contributed by atoms with Crippen molar-refractivity contribution in [1.29, 1.82) is 0 Å². The Labute approximate surface area is 107 Å². The zero-order valence-corrected chi connectivity index (χ0v) is 11.8. The van der Waals surface area contributed by atoms with Crippen molar-refractivity contribution in [1.82, 2.24) is 0 Å². The highest BCUT2D eigenvalue weighted by Crippen LogP contribution is 2.24. The Morgan fingerprint density at radius 1 is 1.12 bits per heavy atom. The summed E-state index contributed by atoms with van der Waals surface area (Å²) in [6, 6.07) is 9.17. The van der Waals surface area contributed by atoms with E-state index in [-0.39, 0.29) is 0 Å². The van der Waals surface area contributed by atoms with Crippen LogP contribution in [0.1, 0.15) is 70.4 Å². The molecule has 0 heterocycles. The highest BCUT2D eigenvalue weighted by molar-refractivity contribution is 5.65. The van der Waals surface area contributed by atoms with E-state index in [1.807, 2.05) is 0 Å². The molecular weight excluding hydrogens is 204 g/mol. The first-order valence-electron chi connectivity index (χ1n) is 7.02. The minimum atomic E-state index is 0.675. The second kappa shape index (κ2) is 7.32. The summed E-state index contributed by atoms with van der Waals surface area (Å²) >= 11 is 0. The Morgan fingerprint density at radius 3 is 2.24 bits per heavy atom. The van der Waals surface area contributed by atoms with Gasteiger partial charge in [0.05, 0.1) is 0 Å². The van der Waals surface area contributed by atoms with Crippen LogP contribution < -0.4 is 0 Å². The van der Waals surface area contributed by atoms with Crippen LogP contribution in [0.2, 0.25) is 0 Å². The van der Waals surface area contributed by atoms with Gasteiger partial charge in [0.2, 0.25) is 0 Å². The van der Waals surface area contributed by atoms with Gasteiger partial charge < -0.3 is 0 Å². The van der Waals surface area contributed by atoms with E-state index in [1.54, 1.807) is 0 Å². The summed E-state index contributed by atoms with van der Waals surface area (Å²) in [7, 11) is 0. The van der Waals surface area contributed by atoms with E-state index in [2.05, 4.69) is 58.0 Å². The lowest BCUT2D eigenvalue weighted by Gasteiger charge is -2.11. The first-order valence-corrected chi connectivity index (χ1v) is 7.02. The van der Waals surface area contributed by atoms with Gasteiger partial charge in [-0.1, -0.05) is 64.5 Å². The molecule has 0 aliphatic carbocycles. The first kappa shape index (κ1) is 14.0. The normalized spacial score (nSPS) is 13.8. The van der Waals surface area contributed by atoms with Gasteiger partial charge in [-0.3, -0.25) is 0 Å². The average molecular weight is 230 g/mol. The largest absolute Gasteiger partial charge is 0.0810 e. The monoisotopic (exact) mass is 230 g/mol. The van der Waals surface area contributed by atoms with Crippen molar-refractivity contribution in [3.05, 3.63) is 41.5 Å². The van der Waals surface area contributed by atoms with Crippen LogP contribution in [0.25, 0.3) is 5.57 Å². The summed E-state index contributed by atoms with van der Waals surface area (Å²) in [6.07, 6.45) is 7.12. The molecule has 17 heavy (non-hydrogen) atoms. The topological polar surface area (TPSA) is 0 Å². The molecule has 0 saturated carbocycles.